The van der Waals surface area contributed by atoms with Crippen LogP contribution in [-0.4, -0.2) is 117 Å². The third kappa shape index (κ3) is 12.9. The topological polar surface area (TPSA) is 111 Å². The molecule has 12 heteroatoms. The van der Waals surface area contributed by atoms with Crippen LogP contribution in [-0.2, 0) is 43.2 Å². The molecule has 0 saturated carbocycles. The zero-order chi connectivity index (χ0) is 40.3. The van der Waals surface area contributed by atoms with Crippen molar-refractivity contribution >= 4 is 11.9 Å². The van der Waals surface area contributed by atoms with Gasteiger partial charge in [0.1, 0.15) is 11.8 Å². The predicted octanol–water partition coefficient (Wildman–Crippen LogP) is 6.37. The van der Waals surface area contributed by atoms with E-state index in [1.807, 2.05) is 36.4 Å². The quantitative estimate of drug-likeness (QED) is 0.0438. The van der Waals surface area contributed by atoms with E-state index in [-0.39, 0.29) is 19.3 Å². The number of methoxy groups -OCH3 is 5. The lowest BCUT2D eigenvalue weighted by Crippen LogP contribution is -2.52. The number of hydrogen-bond donors (Lipinski definition) is 0. The van der Waals surface area contributed by atoms with E-state index in [2.05, 4.69) is 37.1 Å². The summed E-state index contributed by atoms with van der Waals surface area (Å²) in [6.07, 6.45) is 6.14. The molecule has 2 atom stereocenters. The summed E-state index contributed by atoms with van der Waals surface area (Å²) < 4.78 is 45.0. The van der Waals surface area contributed by atoms with Crippen LogP contribution in [0.4, 0.5) is 0 Å². The minimum absolute atomic E-state index is 0.0888. The summed E-state index contributed by atoms with van der Waals surface area (Å²) in [5.74, 6) is 2.43. The van der Waals surface area contributed by atoms with Crippen LogP contribution in [0.15, 0.2) is 66.7 Å². The highest BCUT2D eigenvalue weighted by molar-refractivity contribution is 5.91. The first-order valence-electron chi connectivity index (χ1n) is 19.4. The van der Waals surface area contributed by atoms with Gasteiger partial charge in [0.05, 0.1) is 75.5 Å². The van der Waals surface area contributed by atoms with E-state index in [4.69, 9.17) is 37.9 Å². The number of benzene rings is 3. The number of ether oxygens (including phenoxy) is 8. The standard InChI is InChI=1S/C44H61N2O10/c1-8-24-54-27-21-45(32-33-11-14-36(49-3)15-12-33)20-9-25-55-43(47)17-18-44(48)56-26-10-22-46(2)23-19-35-30-41(52-6)42(53-7)31-37(35)38(46)28-34-13-16-39(50-4)40(29-34)51-5/h11-18,29-31,38H,8-10,19-28,32H2,1-7H3/q+1/b18-17-/t38-,46-/m1/s1. The highest BCUT2D eigenvalue weighted by atomic mass is 16.5. The molecule has 1 heterocycles. The third-order valence-corrected chi connectivity index (χ3v) is 10.3. The van der Waals surface area contributed by atoms with Crippen LogP contribution >= 0.6 is 0 Å². The molecule has 0 aliphatic carbocycles. The fourth-order valence-corrected chi connectivity index (χ4v) is 7.15. The minimum Gasteiger partial charge on any atom is -0.497 e. The van der Waals surface area contributed by atoms with Crippen molar-refractivity contribution in [2.75, 3.05) is 95.2 Å². The summed E-state index contributed by atoms with van der Waals surface area (Å²) in [6.45, 7) is 7.79. The Morgan fingerprint density at radius 3 is 1.98 bits per heavy atom. The van der Waals surface area contributed by atoms with Gasteiger partial charge in [0.15, 0.2) is 23.0 Å². The third-order valence-electron chi connectivity index (χ3n) is 10.3. The monoisotopic (exact) mass is 777 g/mol. The van der Waals surface area contributed by atoms with E-state index in [0.717, 1.165) is 92.1 Å². The van der Waals surface area contributed by atoms with Gasteiger partial charge in [-0.1, -0.05) is 25.1 Å². The highest BCUT2D eigenvalue weighted by Crippen LogP contribution is 2.43. The number of likely N-dealkylation sites (N-methyl/N-ethyl adjacent to an activating group) is 1. The Balaban J connectivity index is 1.28. The zero-order valence-corrected chi connectivity index (χ0v) is 34.3. The van der Waals surface area contributed by atoms with Crippen LogP contribution in [0.25, 0.3) is 0 Å². The summed E-state index contributed by atoms with van der Waals surface area (Å²) >= 11 is 0. The number of rotatable bonds is 24. The van der Waals surface area contributed by atoms with Crippen LogP contribution in [0.3, 0.4) is 0 Å². The fourth-order valence-electron chi connectivity index (χ4n) is 7.15. The van der Waals surface area contributed by atoms with Crippen LogP contribution in [0, 0.1) is 0 Å². The van der Waals surface area contributed by atoms with Gasteiger partial charge >= 0.3 is 11.9 Å². The van der Waals surface area contributed by atoms with E-state index >= 15 is 0 Å². The van der Waals surface area contributed by atoms with E-state index in [1.54, 1.807) is 35.5 Å². The van der Waals surface area contributed by atoms with Crippen molar-refractivity contribution in [2.45, 2.75) is 51.6 Å². The number of carbonyl (C=O) groups is 2. The fraction of sp³-hybridized carbons (Fsp3) is 0.500. The van der Waals surface area contributed by atoms with E-state index in [1.165, 1.54) is 11.1 Å². The molecule has 0 N–H and O–H groups in total. The van der Waals surface area contributed by atoms with Crippen molar-refractivity contribution in [1.82, 2.24) is 4.90 Å². The van der Waals surface area contributed by atoms with Gasteiger partial charge in [0, 0.05) is 63.2 Å². The summed E-state index contributed by atoms with van der Waals surface area (Å²) in [5, 5.41) is 0. The molecule has 306 valence electrons. The van der Waals surface area contributed by atoms with Crippen LogP contribution in [0.2, 0.25) is 0 Å². The van der Waals surface area contributed by atoms with Crippen LogP contribution < -0.4 is 23.7 Å². The first kappa shape index (κ1) is 43.9. The van der Waals surface area contributed by atoms with Gasteiger partial charge in [-0.05, 0) is 65.9 Å². The molecule has 12 nitrogen and oxygen atoms in total. The van der Waals surface area contributed by atoms with Crippen LogP contribution in [0.1, 0.15) is 54.5 Å². The van der Waals surface area contributed by atoms with Gasteiger partial charge < -0.3 is 42.4 Å². The smallest absolute Gasteiger partial charge is 0.331 e. The van der Waals surface area contributed by atoms with Gasteiger partial charge in [0.2, 0.25) is 0 Å². The van der Waals surface area contributed by atoms with Gasteiger partial charge in [-0.15, -0.1) is 0 Å². The second-order valence-electron chi connectivity index (χ2n) is 14.1. The Morgan fingerprint density at radius 2 is 1.34 bits per heavy atom. The average Bonchev–Trinajstić information content (AvgIpc) is 3.22. The molecule has 0 unspecified atom stereocenters. The van der Waals surface area contributed by atoms with E-state index in [0.29, 0.717) is 42.4 Å². The van der Waals surface area contributed by atoms with E-state index < -0.39 is 11.9 Å². The zero-order valence-electron chi connectivity index (χ0n) is 34.3. The number of nitrogens with zero attached hydrogens (tertiary/aromatic N) is 2. The summed E-state index contributed by atoms with van der Waals surface area (Å²) in [7, 11) is 10.5. The maximum atomic E-state index is 12.6. The minimum atomic E-state index is -0.579. The molecule has 0 amide bonds. The summed E-state index contributed by atoms with van der Waals surface area (Å²) in [6, 6.07) is 18.3. The Hall–Kier alpha value is -4.78. The molecular weight excluding hydrogens is 716 g/mol. The molecule has 0 aromatic heterocycles. The number of quaternary nitrogens is 1. The van der Waals surface area contributed by atoms with Gasteiger partial charge in [-0.3, -0.25) is 4.90 Å². The number of esters is 2. The molecule has 1 aliphatic heterocycles. The molecule has 0 fully saturated rings. The van der Waals surface area contributed by atoms with E-state index in [9.17, 15) is 9.59 Å². The molecular formula is C44H61N2O10+. The number of hydrogen-bond acceptors (Lipinski definition) is 11. The Bertz CT molecular complexity index is 1710. The summed E-state index contributed by atoms with van der Waals surface area (Å²) in [5.41, 5.74) is 4.71. The lowest BCUT2D eigenvalue weighted by molar-refractivity contribution is -0.941. The predicted molar refractivity (Wildman–Crippen MR) is 215 cm³/mol. The Morgan fingerprint density at radius 1 is 0.714 bits per heavy atom. The SMILES string of the molecule is CCCOCCN(CCCOC(=O)/C=C\C(=O)OCCC[N@+]1(C)CCc2cc(OC)c(OC)cc2[C@H]1Cc1ccc(OC)c(OC)c1)Cc1ccc(OC)cc1. The lowest BCUT2D eigenvalue weighted by Gasteiger charge is -2.46. The molecule has 0 spiro atoms. The Labute approximate surface area is 332 Å². The molecule has 0 radical (unpaired) electrons. The first-order chi connectivity index (χ1) is 27.2. The van der Waals surface area contributed by atoms with Crippen molar-refractivity contribution < 1.29 is 52.0 Å². The molecule has 1 aliphatic rings. The molecule has 56 heavy (non-hydrogen) atoms. The average molecular weight is 778 g/mol. The van der Waals surface area contributed by atoms with Crippen molar-refractivity contribution in [3.05, 3.63) is 89.0 Å². The van der Waals surface area contributed by atoms with Crippen molar-refractivity contribution in [3.63, 3.8) is 0 Å². The highest BCUT2D eigenvalue weighted by Gasteiger charge is 2.40. The van der Waals surface area contributed by atoms with Gasteiger partial charge in [0.25, 0.3) is 0 Å². The van der Waals surface area contributed by atoms with Gasteiger partial charge in [-0.25, -0.2) is 9.59 Å². The normalized spacial score (nSPS) is 16.3. The molecule has 3 aromatic carbocycles. The number of fused-ring (bicyclic) bond motifs is 1. The second kappa shape index (κ2) is 22.7. The van der Waals surface area contributed by atoms with Crippen molar-refractivity contribution in [1.29, 1.82) is 0 Å². The first-order valence-corrected chi connectivity index (χ1v) is 19.4. The molecule has 4 rings (SSSR count). The molecule has 0 bridgehead atoms. The number of carbonyl (C=O) groups excluding carboxylic acids is 2. The van der Waals surface area contributed by atoms with Gasteiger partial charge in [-0.2, -0.15) is 0 Å². The maximum Gasteiger partial charge on any atom is 0.331 e. The Kier molecular flexibility index (Phi) is 17.8. The molecule has 3 aromatic rings. The second-order valence-corrected chi connectivity index (χ2v) is 14.1. The van der Waals surface area contributed by atoms with Crippen LogP contribution in [0.5, 0.6) is 28.7 Å². The van der Waals surface area contributed by atoms with Crippen molar-refractivity contribution in [3.8, 4) is 28.7 Å². The maximum absolute atomic E-state index is 12.6. The largest absolute Gasteiger partial charge is 0.497 e. The van der Waals surface area contributed by atoms with Crippen molar-refractivity contribution in [2.24, 2.45) is 0 Å². The summed E-state index contributed by atoms with van der Waals surface area (Å²) in [4.78, 5) is 27.3. The molecule has 0 saturated heterocycles. The lowest BCUT2D eigenvalue weighted by atomic mass is 9.86.